The lowest BCUT2D eigenvalue weighted by Gasteiger charge is -2.42. The fourth-order valence-electron chi connectivity index (χ4n) is 5.10. The van der Waals surface area contributed by atoms with Gasteiger partial charge in [0.05, 0.1) is 13.7 Å². The minimum absolute atomic E-state index is 0.162. The molecule has 3 amide bonds. The number of benzene rings is 2. The minimum atomic E-state index is -0.880. The normalized spacial score (nSPS) is 18.2. The lowest BCUT2D eigenvalue weighted by molar-refractivity contribution is -0.136. The number of nitrogens with zero attached hydrogens (tertiary/aromatic N) is 3. The van der Waals surface area contributed by atoms with Gasteiger partial charge in [0.15, 0.2) is 0 Å². The molecule has 6 nitrogen and oxygen atoms in total. The molecule has 1 spiro atoms. The zero-order valence-corrected chi connectivity index (χ0v) is 20.6. The molecule has 0 atom stereocenters. The summed E-state index contributed by atoms with van der Waals surface area (Å²) in [5.74, 6) is -0.290. The highest BCUT2D eigenvalue weighted by atomic mass is 19.1. The van der Waals surface area contributed by atoms with Gasteiger partial charge in [0.25, 0.3) is 5.91 Å². The van der Waals surface area contributed by atoms with E-state index in [1.165, 1.54) is 17.0 Å². The van der Waals surface area contributed by atoms with E-state index in [4.69, 9.17) is 4.74 Å². The van der Waals surface area contributed by atoms with E-state index in [2.05, 4.69) is 18.7 Å². The average Bonchev–Trinajstić information content (AvgIpc) is 2.99. The maximum Gasteiger partial charge on any atom is 0.327 e. The average molecular weight is 486 g/mol. The Bertz CT molecular complexity index is 1060. The quantitative estimate of drug-likeness (QED) is 0.503. The topological polar surface area (TPSA) is 53.1 Å². The second-order valence-electron chi connectivity index (χ2n) is 9.94. The van der Waals surface area contributed by atoms with Crippen molar-refractivity contribution in [1.82, 2.24) is 14.7 Å². The molecular weight excluding hydrogens is 452 g/mol. The number of rotatable bonds is 8. The first kappa shape index (κ1) is 25.1. The molecule has 0 aromatic heterocycles. The van der Waals surface area contributed by atoms with Gasteiger partial charge >= 0.3 is 6.03 Å². The number of hydrogen-bond acceptors (Lipinski definition) is 4. The van der Waals surface area contributed by atoms with E-state index in [1.807, 2.05) is 24.3 Å². The number of likely N-dealkylation sites (tertiary alicyclic amines) is 1. The molecule has 4 rings (SSSR count). The highest BCUT2D eigenvalue weighted by molar-refractivity contribution is 6.07. The fraction of sp³-hybridized carbons (Fsp3) is 0.481. The van der Waals surface area contributed by atoms with Crippen molar-refractivity contribution >= 4 is 11.9 Å². The summed E-state index contributed by atoms with van der Waals surface area (Å²) >= 11 is 0. The highest BCUT2D eigenvalue weighted by Crippen LogP contribution is 2.39. The summed E-state index contributed by atoms with van der Waals surface area (Å²) in [6.45, 7) is 6.43. The summed E-state index contributed by atoms with van der Waals surface area (Å²) in [6.07, 6.45) is 1.78. The molecule has 0 bridgehead atoms. The SMILES string of the molecule is COc1cccc(CN2C(=O)N(CCC(C)C)C3(CCN(Cc4cc(F)cc(F)c4)CC3)C2=O)c1. The van der Waals surface area contributed by atoms with Gasteiger partial charge in [-0.1, -0.05) is 26.0 Å². The summed E-state index contributed by atoms with van der Waals surface area (Å²) in [4.78, 5) is 32.5. The lowest BCUT2D eigenvalue weighted by atomic mass is 9.85. The zero-order chi connectivity index (χ0) is 25.2. The van der Waals surface area contributed by atoms with E-state index in [9.17, 15) is 18.4 Å². The highest BCUT2D eigenvalue weighted by Gasteiger charge is 2.57. The summed E-state index contributed by atoms with van der Waals surface area (Å²) in [7, 11) is 1.58. The molecule has 2 heterocycles. The van der Waals surface area contributed by atoms with Crippen molar-refractivity contribution < 1.29 is 23.1 Å². The molecule has 2 aliphatic rings. The first-order chi connectivity index (χ1) is 16.7. The smallest absolute Gasteiger partial charge is 0.327 e. The number of hydrogen-bond donors (Lipinski definition) is 0. The van der Waals surface area contributed by atoms with Crippen LogP contribution in [0.15, 0.2) is 42.5 Å². The maximum atomic E-state index is 13.8. The van der Waals surface area contributed by atoms with E-state index in [1.54, 1.807) is 12.0 Å². The number of urea groups is 1. The summed E-state index contributed by atoms with van der Waals surface area (Å²) in [5.41, 5.74) is 0.509. The third kappa shape index (κ3) is 5.32. The van der Waals surface area contributed by atoms with Gasteiger partial charge in [0, 0.05) is 32.2 Å². The Morgan fingerprint density at radius 3 is 2.29 bits per heavy atom. The van der Waals surface area contributed by atoms with E-state index in [0.717, 1.165) is 18.1 Å². The van der Waals surface area contributed by atoms with Crippen molar-refractivity contribution in [3.8, 4) is 5.75 Å². The molecule has 0 saturated carbocycles. The number of imide groups is 1. The number of methoxy groups -OCH3 is 1. The molecule has 0 unspecified atom stereocenters. The summed E-state index contributed by atoms with van der Waals surface area (Å²) in [5, 5.41) is 0. The maximum absolute atomic E-state index is 13.8. The van der Waals surface area contributed by atoms with Crippen LogP contribution in [0.1, 0.15) is 44.2 Å². The Kier molecular flexibility index (Phi) is 7.40. The van der Waals surface area contributed by atoms with Gasteiger partial charge in [-0.3, -0.25) is 14.6 Å². The van der Waals surface area contributed by atoms with Crippen LogP contribution in [0.3, 0.4) is 0 Å². The van der Waals surface area contributed by atoms with E-state index >= 15 is 0 Å². The van der Waals surface area contributed by atoms with Crippen molar-refractivity contribution in [3.05, 3.63) is 65.2 Å². The Hall–Kier alpha value is -3.00. The van der Waals surface area contributed by atoms with Crippen LogP contribution >= 0.6 is 0 Å². The molecule has 2 aromatic rings. The third-order valence-corrected chi connectivity index (χ3v) is 7.04. The molecular formula is C27H33F2N3O3. The number of carbonyl (C=O) groups excluding carboxylic acids is 2. The number of carbonyl (C=O) groups is 2. The van der Waals surface area contributed by atoms with Gasteiger partial charge in [-0.2, -0.15) is 0 Å². The van der Waals surface area contributed by atoms with Crippen LogP contribution in [-0.2, 0) is 17.9 Å². The Balaban J connectivity index is 1.53. The zero-order valence-electron chi connectivity index (χ0n) is 20.6. The van der Waals surface area contributed by atoms with Crippen molar-refractivity contribution in [2.75, 3.05) is 26.7 Å². The van der Waals surface area contributed by atoms with Crippen molar-refractivity contribution in [2.24, 2.45) is 5.92 Å². The second-order valence-corrected chi connectivity index (χ2v) is 9.94. The van der Waals surface area contributed by atoms with Crippen LogP contribution in [0.5, 0.6) is 5.75 Å². The van der Waals surface area contributed by atoms with Gasteiger partial charge in [0.1, 0.15) is 22.9 Å². The van der Waals surface area contributed by atoms with Crippen LogP contribution in [0.4, 0.5) is 13.6 Å². The molecule has 0 aliphatic carbocycles. The molecule has 2 aromatic carbocycles. The Morgan fingerprint density at radius 1 is 0.971 bits per heavy atom. The van der Waals surface area contributed by atoms with E-state index in [0.29, 0.717) is 56.3 Å². The number of amides is 3. The molecule has 2 aliphatic heterocycles. The monoisotopic (exact) mass is 485 g/mol. The first-order valence-electron chi connectivity index (χ1n) is 12.2. The van der Waals surface area contributed by atoms with Crippen LogP contribution in [0.2, 0.25) is 0 Å². The second kappa shape index (κ2) is 10.3. The molecule has 8 heteroatoms. The fourth-order valence-corrected chi connectivity index (χ4v) is 5.10. The van der Waals surface area contributed by atoms with Crippen LogP contribution < -0.4 is 4.74 Å². The predicted molar refractivity (Wildman–Crippen MR) is 129 cm³/mol. The number of halogens is 2. The standard InChI is InChI=1S/C27H33F2N3O3/c1-19(2)7-10-32-26(34)31(18-20-5-4-6-24(15-20)35-3)25(33)27(32)8-11-30(12-9-27)17-21-13-22(28)16-23(29)14-21/h4-6,13-16,19H,7-12,17-18H2,1-3H3. The predicted octanol–water partition coefficient (Wildman–Crippen LogP) is 4.82. The van der Waals surface area contributed by atoms with E-state index in [-0.39, 0.29) is 18.5 Å². The van der Waals surface area contributed by atoms with Crippen LogP contribution in [0.25, 0.3) is 0 Å². The molecule has 2 saturated heterocycles. The summed E-state index contributed by atoms with van der Waals surface area (Å²) in [6, 6.07) is 10.7. The number of ether oxygens (including phenoxy) is 1. The van der Waals surface area contributed by atoms with Gasteiger partial charge in [-0.05, 0) is 60.6 Å². The lowest BCUT2D eigenvalue weighted by Crippen LogP contribution is -2.56. The molecule has 0 N–H and O–H groups in total. The van der Waals surface area contributed by atoms with Gasteiger partial charge in [-0.25, -0.2) is 13.6 Å². The first-order valence-corrected chi connectivity index (χ1v) is 12.2. The largest absolute Gasteiger partial charge is 0.497 e. The third-order valence-electron chi connectivity index (χ3n) is 7.04. The summed E-state index contributed by atoms with van der Waals surface area (Å²) < 4.78 is 32.5. The number of piperidine rings is 1. The van der Waals surface area contributed by atoms with Crippen LogP contribution in [-0.4, -0.2) is 58.9 Å². The molecule has 188 valence electrons. The Labute approximate surface area is 205 Å². The van der Waals surface area contributed by atoms with E-state index < -0.39 is 17.2 Å². The minimum Gasteiger partial charge on any atom is -0.497 e. The van der Waals surface area contributed by atoms with Gasteiger partial charge < -0.3 is 9.64 Å². The molecule has 2 fully saturated rings. The Morgan fingerprint density at radius 2 is 1.66 bits per heavy atom. The van der Waals surface area contributed by atoms with Crippen molar-refractivity contribution in [1.29, 1.82) is 0 Å². The van der Waals surface area contributed by atoms with Gasteiger partial charge in [-0.15, -0.1) is 0 Å². The molecule has 0 radical (unpaired) electrons. The van der Waals surface area contributed by atoms with Crippen LogP contribution in [0, 0.1) is 17.6 Å². The molecule has 35 heavy (non-hydrogen) atoms. The van der Waals surface area contributed by atoms with Crippen molar-refractivity contribution in [2.45, 2.75) is 51.7 Å². The van der Waals surface area contributed by atoms with Crippen molar-refractivity contribution in [3.63, 3.8) is 0 Å². The van der Waals surface area contributed by atoms with Gasteiger partial charge in [0.2, 0.25) is 0 Å².